The maximum Gasteiger partial charge on any atom is 0.0512 e. The van der Waals surface area contributed by atoms with Gasteiger partial charge < -0.3 is 5.11 Å². The predicted octanol–water partition coefficient (Wildman–Crippen LogP) is 4.20. The van der Waals surface area contributed by atoms with Crippen LogP contribution in [0.3, 0.4) is 0 Å². The van der Waals surface area contributed by atoms with Gasteiger partial charge in [0.05, 0.1) is 6.10 Å². The van der Waals surface area contributed by atoms with Gasteiger partial charge in [0, 0.05) is 0 Å². The second-order valence-corrected chi connectivity index (χ2v) is 4.63. The normalized spacial score (nSPS) is 13.1. The van der Waals surface area contributed by atoms with Crippen LogP contribution in [0.25, 0.3) is 6.08 Å². The summed E-state index contributed by atoms with van der Waals surface area (Å²) in [6, 6.07) is 8.67. The monoisotopic (exact) mass is 232 g/mol. The van der Waals surface area contributed by atoms with Crippen LogP contribution >= 0.6 is 0 Å². The third-order valence-corrected chi connectivity index (χ3v) is 2.91. The lowest BCUT2D eigenvalue weighted by Crippen LogP contribution is -1.97. The molecule has 17 heavy (non-hydrogen) atoms. The number of hydrogen-bond acceptors (Lipinski definition) is 1. The molecule has 1 aromatic rings. The van der Waals surface area contributed by atoms with Crippen molar-refractivity contribution >= 4 is 6.08 Å². The van der Waals surface area contributed by atoms with Crippen molar-refractivity contribution in [2.24, 2.45) is 0 Å². The van der Waals surface area contributed by atoms with Gasteiger partial charge in [0.2, 0.25) is 0 Å². The number of hydrogen-bond donors (Lipinski definition) is 1. The minimum Gasteiger partial charge on any atom is -0.393 e. The van der Waals surface area contributed by atoms with Gasteiger partial charge in [-0.25, -0.2) is 0 Å². The molecule has 1 N–H and O–H groups in total. The SMILES string of the molecule is CCc1cccc(/C=C/CCCC[C@@H](C)O)c1. The third-order valence-electron chi connectivity index (χ3n) is 2.91. The first-order valence-corrected chi connectivity index (χ1v) is 6.66. The predicted molar refractivity (Wildman–Crippen MR) is 75.0 cm³/mol. The van der Waals surface area contributed by atoms with Crippen molar-refractivity contribution in [3.8, 4) is 0 Å². The fourth-order valence-electron chi connectivity index (χ4n) is 1.84. The van der Waals surface area contributed by atoms with E-state index in [-0.39, 0.29) is 6.10 Å². The fourth-order valence-corrected chi connectivity index (χ4v) is 1.84. The van der Waals surface area contributed by atoms with Crippen molar-refractivity contribution in [2.75, 3.05) is 0 Å². The van der Waals surface area contributed by atoms with Crippen molar-refractivity contribution < 1.29 is 5.11 Å². The molecule has 0 spiro atoms. The van der Waals surface area contributed by atoms with Crippen LogP contribution in [0.4, 0.5) is 0 Å². The Kier molecular flexibility index (Phi) is 6.64. The number of aryl methyl sites for hydroxylation is 1. The number of aliphatic hydroxyl groups excluding tert-OH is 1. The van der Waals surface area contributed by atoms with E-state index in [1.807, 2.05) is 6.92 Å². The van der Waals surface area contributed by atoms with Crippen LogP contribution in [0.5, 0.6) is 0 Å². The second kappa shape index (κ2) is 8.08. The van der Waals surface area contributed by atoms with Crippen LogP contribution < -0.4 is 0 Å². The van der Waals surface area contributed by atoms with E-state index < -0.39 is 0 Å². The molecule has 0 radical (unpaired) electrons. The maximum atomic E-state index is 9.13. The molecule has 1 rings (SSSR count). The Labute approximate surface area is 105 Å². The highest BCUT2D eigenvalue weighted by Gasteiger charge is 1.94. The average Bonchev–Trinajstić information content (AvgIpc) is 2.33. The quantitative estimate of drug-likeness (QED) is 0.698. The minimum atomic E-state index is -0.153. The Hall–Kier alpha value is -1.08. The standard InChI is InChI=1S/C16H24O/c1-3-15-11-8-12-16(13-15)10-7-5-4-6-9-14(2)17/h7-8,10-14,17H,3-6,9H2,1-2H3/b10-7+/t14-/m1/s1. The summed E-state index contributed by atoms with van der Waals surface area (Å²) < 4.78 is 0. The number of benzene rings is 1. The van der Waals surface area contributed by atoms with Crippen molar-refractivity contribution in [1.82, 2.24) is 0 Å². The Balaban J connectivity index is 2.28. The molecule has 0 unspecified atom stereocenters. The molecule has 0 saturated heterocycles. The molecule has 0 aliphatic heterocycles. The summed E-state index contributed by atoms with van der Waals surface area (Å²) in [6.45, 7) is 4.03. The Bertz CT molecular complexity index is 339. The molecule has 0 amide bonds. The van der Waals surface area contributed by atoms with Crippen LogP contribution in [0.1, 0.15) is 50.7 Å². The van der Waals surface area contributed by atoms with E-state index in [1.54, 1.807) is 0 Å². The molecule has 94 valence electrons. The van der Waals surface area contributed by atoms with E-state index in [9.17, 15) is 0 Å². The highest BCUT2D eigenvalue weighted by atomic mass is 16.3. The average molecular weight is 232 g/mol. The van der Waals surface area contributed by atoms with E-state index >= 15 is 0 Å². The maximum absolute atomic E-state index is 9.13. The van der Waals surface area contributed by atoms with Gasteiger partial charge in [0.15, 0.2) is 0 Å². The lowest BCUT2D eigenvalue weighted by Gasteiger charge is -2.01. The first-order chi connectivity index (χ1) is 8.22. The Morgan fingerprint density at radius 1 is 1.29 bits per heavy atom. The summed E-state index contributed by atoms with van der Waals surface area (Å²) in [4.78, 5) is 0. The molecule has 0 aromatic heterocycles. The lowest BCUT2D eigenvalue weighted by molar-refractivity contribution is 0.181. The largest absolute Gasteiger partial charge is 0.393 e. The molecule has 1 nitrogen and oxygen atoms in total. The van der Waals surface area contributed by atoms with Gasteiger partial charge in [0.1, 0.15) is 0 Å². The molecule has 0 saturated carbocycles. The summed E-state index contributed by atoms with van der Waals surface area (Å²) in [5, 5.41) is 9.13. The number of unbranched alkanes of at least 4 members (excludes halogenated alkanes) is 2. The summed E-state index contributed by atoms with van der Waals surface area (Å²) in [6.07, 6.45) is 9.66. The topological polar surface area (TPSA) is 20.2 Å². The Morgan fingerprint density at radius 3 is 2.82 bits per heavy atom. The zero-order valence-corrected chi connectivity index (χ0v) is 11.0. The van der Waals surface area contributed by atoms with E-state index in [0.29, 0.717) is 0 Å². The zero-order valence-electron chi connectivity index (χ0n) is 11.0. The van der Waals surface area contributed by atoms with E-state index in [1.165, 1.54) is 11.1 Å². The fraction of sp³-hybridized carbons (Fsp3) is 0.500. The smallest absolute Gasteiger partial charge is 0.0512 e. The molecule has 0 aliphatic carbocycles. The lowest BCUT2D eigenvalue weighted by atomic mass is 10.1. The van der Waals surface area contributed by atoms with Crippen LogP contribution in [-0.2, 0) is 6.42 Å². The van der Waals surface area contributed by atoms with Gasteiger partial charge in [-0.15, -0.1) is 0 Å². The van der Waals surface area contributed by atoms with Crippen LogP contribution in [-0.4, -0.2) is 11.2 Å². The first kappa shape index (κ1) is 14.0. The van der Waals surface area contributed by atoms with Crippen LogP contribution in [0.15, 0.2) is 30.3 Å². The van der Waals surface area contributed by atoms with Crippen molar-refractivity contribution in [1.29, 1.82) is 0 Å². The highest BCUT2D eigenvalue weighted by Crippen LogP contribution is 2.09. The van der Waals surface area contributed by atoms with Gasteiger partial charge in [-0.1, -0.05) is 49.8 Å². The third kappa shape index (κ3) is 6.28. The molecule has 0 fully saturated rings. The molecule has 0 heterocycles. The van der Waals surface area contributed by atoms with E-state index in [2.05, 4.69) is 43.3 Å². The minimum absolute atomic E-state index is 0.153. The molecular formula is C16H24O. The van der Waals surface area contributed by atoms with Gasteiger partial charge in [-0.2, -0.15) is 0 Å². The van der Waals surface area contributed by atoms with Crippen molar-refractivity contribution in [3.63, 3.8) is 0 Å². The molecular weight excluding hydrogens is 208 g/mol. The van der Waals surface area contributed by atoms with Gasteiger partial charge >= 0.3 is 0 Å². The number of aliphatic hydroxyl groups is 1. The summed E-state index contributed by atoms with van der Waals surface area (Å²) in [7, 11) is 0. The number of rotatable bonds is 7. The summed E-state index contributed by atoms with van der Waals surface area (Å²) in [5.74, 6) is 0. The van der Waals surface area contributed by atoms with Crippen molar-refractivity contribution in [3.05, 3.63) is 41.5 Å². The van der Waals surface area contributed by atoms with E-state index in [4.69, 9.17) is 5.11 Å². The van der Waals surface area contributed by atoms with Gasteiger partial charge in [-0.05, 0) is 43.7 Å². The molecule has 1 atom stereocenters. The molecule has 0 aliphatic rings. The summed E-state index contributed by atoms with van der Waals surface area (Å²) in [5.41, 5.74) is 2.68. The van der Waals surface area contributed by atoms with E-state index in [0.717, 1.165) is 32.1 Å². The molecule has 1 heteroatoms. The van der Waals surface area contributed by atoms with Gasteiger partial charge in [0.25, 0.3) is 0 Å². The zero-order chi connectivity index (χ0) is 12.5. The van der Waals surface area contributed by atoms with Gasteiger partial charge in [-0.3, -0.25) is 0 Å². The van der Waals surface area contributed by atoms with Crippen LogP contribution in [0, 0.1) is 0 Å². The first-order valence-electron chi connectivity index (χ1n) is 6.66. The summed E-state index contributed by atoms with van der Waals surface area (Å²) >= 11 is 0. The molecule has 0 bridgehead atoms. The molecule has 1 aromatic carbocycles. The number of allylic oxidation sites excluding steroid dienone is 1. The van der Waals surface area contributed by atoms with Crippen molar-refractivity contribution in [2.45, 2.75) is 52.1 Å². The second-order valence-electron chi connectivity index (χ2n) is 4.63. The van der Waals surface area contributed by atoms with Crippen LogP contribution in [0.2, 0.25) is 0 Å². The Morgan fingerprint density at radius 2 is 2.12 bits per heavy atom. The highest BCUT2D eigenvalue weighted by molar-refractivity contribution is 5.50.